The van der Waals surface area contributed by atoms with Gasteiger partial charge in [0.2, 0.25) is 5.95 Å². The fraction of sp³-hybridized carbons (Fsp3) is 0.750. The third-order valence-electron chi connectivity index (χ3n) is 4.01. The van der Waals surface area contributed by atoms with E-state index in [4.69, 9.17) is 0 Å². The van der Waals surface area contributed by atoms with E-state index in [1.807, 2.05) is 18.5 Å². The Morgan fingerprint density at radius 3 is 2.43 bits per heavy atom. The lowest BCUT2D eigenvalue weighted by atomic mass is 10.1. The van der Waals surface area contributed by atoms with Gasteiger partial charge in [-0.05, 0) is 25.5 Å². The van der Waals surface area contributed by atoms with E-state index in [-0.39, 0.29) is 0 Å². The van der Waals surface area contributed by atoms with Gasteiger partial charge in [0.1, 0.15) is 0 Å². The van der Waals surface area contributed by atoms with E-state index in [0.717, 1.165) is 45.2 Å². The van der Waals surface area contributed by atoms with Gasteiger partial charge in [-0.2, -0.15) is 0 Å². The highest BCUT2D eigenvalue weighted by Crippen LogP contribution is 2.10. The van der Waals surface area contributed by atoms with Crippen molar-refractivity contribution in [3.8, 4) is 0 Å². The van der Waals surface area contributed by atoms with Crippen LogP contribution in [-0.4, -0.2) is 60.2 Å². The van der Waals surface area contributed by atoms with Gasteiger partial charge in [-0.1, -0.05) is 20.3 Å². The van der Waals surface area contributed by atoms with E-state index in [1.54, 1.807) is 0 Å². The molecule has 2 heterocycles. The van der Waals surface area contributed by atoms with Gasteiger partial charge in [0.25, 0.3) is 0 Å². The SMILES string of the molecule is CCCNC(CCC)CN1CCN(c2ncccn2)CC1. The Hall–Kier alpha value is -1.20. The molecule has 118 valence electrons. The van der Waals surface area contributed by atoms with Gasteiger partial charge in [-0.3, -0.25) is 4.90 Å². The van der Waals surface area contributed by atoms with E-state index < -0.39 is 0 Å². The zero-order valence-electron chi connectivity index (χ0n) is 13.5. The van der Waals surface area contributed by atoms with Gasteiger partial charge in [-0.25, -0.2) is 9.97 Å². The maximum atomic E-state index is 4.34. The maximum Gasteiger partial charge on any atom is 0.225 e. The predicted octanol–water partition coefficient (Wildman–Crippen LogP) is 1.77. The molecular formula is C16H29N5. The Balaban J connectivity index is 1.77. The first kappa shape index (κ1) is 16.2. The normalized spacial score (nSPS) is 17.9. The van der Waals surface area contributed by atoms with Crippen molar-refractivity contribution >= 4 is 5.95 Å². The lowest BCUT2D eigenvalue weighted by molar-refractivity contribution is 0.223. The molecule has 1 N–H and O–H groups in total. The van der Waals surface area contributed by atoms with Crippen LogP contribution in [-0.2, 0) is 0 Å². The zero-order chi connectivity index (χ0) is 14.9. The molecule has 0 aliphatic carbocycles. The highest BCUT2D eigenvalue weighted by molar-refractivity contribution is 5.29. The van der Waals surface area contributed by atoms with Crippen LogP contribution in [0.3, 0.4) is 0 Å². The Kier molecular flexibility index (Phi) is 6.89. The Labute approximate surface area is 128 Å². The molecule has 5 nitrogen and oxygen atoms in total. The molecule has 1 aromatic heterocycles. The van der Waals surface area contributed by atoms with Crippen molar-refractivity contribution in [2.75, 3.05) is 44.2 Å². The molecule has 1 aliphatic rings. The number of aromatic nitrogens is 2. The molecule has 0 radical (unpaired) electrons. The zero-order valence-corrected chi connectivity index (χ0v) is 13.5. The Morgan fingerprint density at radius 2 is 1.81 bits per heavy atom. The standard InChI is InChI=1S/C16H29N5/c1-3-6-15(17-7-4-2)14-20-10-12-21(13-11-20)16-18-8-5-9-19-16/h5,8-9,15,17H,3-4,6-7,10-14H2,1-2H3. The second kappa shape index (κ2) is 8.95. The lowest BCUT2D eigenvalue weighted by Crippen LogP contribution is -2.51. The maximum absolute atomic E-state index is 4.34. The van der Waals surface area contributed by atoms with Gasteiger partial charge in [0.15, 0.2) is 0 Å². The summed E-state index contributed by atoms with van der Waals surface area (Å²) in [6, 6.07) is 2.50. The molecule has 1 unspecified atom stereocenters. The van der Waals surface area contributed by atoms with Gasteiger partial charge in [0, 0.05) is 51.2 Å². The van der Waals surface area contributed by atoms with Gasteiger partial charge >= 0.3 is 0 Å². The fourth-order valence-corrected chi connectivity index (χ4v) is 2.85. The van der Waals surface area contributed by atoms with Crippen LogP contribution in [0.15, 0.2) is 18.5 Å². The third kappa shape index (κ3) is 5.25. The Morgan fingerprint density at radius 1 is 1.10 bits per heavy atom. The van der Waals surface area contributed by atoms with Gasteiger partial charge in [0.05, 0.1) is 0 Å². The van der Waals surface area contributed by atoms with Crippen molar-refractivity contribution in [2.45, 2.75) is 39.2 Å². The first-order valence-corrected chi connectivity index (χ1v) is 8.31. The average molecular weight is 291 g/mol. The van der Waals surface area contributed by atoms with Gasteiger partial charge in [-0.15, -0.1) is 0 Å². The summed E-state index contributed by atoms with van der Waals surface area (Å²) in [5.74, 6) is 0.867. The largest absolute Gasteiger partial charge is 0.338 e. The third-order valence-corrected chi connectivity index (χ3v) is 4.01. The summed E-state index contributed by atoms with van der Waals surface area (Å²) in [5.41, 5.74) is 0. The van der Waals surface area contributed by atoms with Crippen LogP contribution >= 0.6 is 0 Å². The minimum Gasteiger partial charge on any atom is -0.338 e. The summed E-state index contributed by atoms with van der Waals surface area (Å²) in [5, 5.41) is 3.68. The van der Waals surface area contributed by atoms with Crippen LogP contribution in [0.4, 0.5) is 5.95 Å². The first-order valence-electron chi connectivity index (χ1n) is 8.31. The minimum atomic E-state index is 0.634. The molecule has 21 heavy (non-hydrogen) atoms. The number of anilines is 1. The molecule has 0 spiro atoms. The predicted molar refractivity (Wildman–Crippen MR) is 87.7 cm³/mol. The summed E-state index contributed by atoms with van der Waals surface area (Å²) < 4.78 is 0. The van der Waals surface area contributed by atoms with Crippen LogP contribution in [0.1, 0.15) is 33.1 Å². The molecule has 0 bridgehead atoms. The molecule has 0 amide bonds. The van der Waals surface area contributed by atoms with Gasteiger partial charge < -0.3 is 10.2 Å². The second-order valence-electron chi connectivity index (χ2n) is 5.78. The number of piperazine rings is 1. The van der Waals surface area contributed by atoms with Crippen LogP contribution in [0.5, 0.6) is 0 Å². The number of nitrogens with one attached hydrogen (secondary N) is 1. The highest BCUT2D eigenvalue weighted by atomic mass is 15.3. The van der Waals surface area contributed by atoms with Crippen LogP contribution in [0.25, 0.3) is 0 Å². The highest BCUT2D eigenvalue weighted by Gasteiger charge is 2.20. The summed E-state index contributed by atoms with van der Waals surface area (Å²) in [6.45, 7) is 11.0. The van der Waals surface area contributed by atoms with Crippen LogP contribution < -0.4 is 10.2 Å². The first-order chi connectivity index (χ1) is 10.3. The van der Waals surface area contributed by atoms with E-state index in [2.05, 4.69) is 38.9 Å². The molecule has 1 fully saturated rings. The molecule has 0 aromatic carbocycles. The number of hydrogen-bond donors (Lipinski definition) is 1. The number of hydrogen-bond acceptors (Lipinski definition) is 5. The van der Waals surface area contributed by atoms with Crippen molar-refractivity contribution in [1.29, 1.82) is 0 Å². The van der Waals surface area contributed by atoms with Crippen molar-refractivity contribution in [3.63, 3.8) is 0 Å². The van der Waals surface area contributed by atoms with Crippen molar-refractivity contribution in [1.82, 2.24) is 20.2 Å². The van der Waals surface area contributed by atoms with E-state index >= 15 is 0 Å². The molecule has 2 rings (SSSR count). The number of nitrogens with zero attached hydrogens (tertiary/aromatic N) is 4. The lowest BCUT2D eigenvalue weighted by Gasteiger charge is -2.36. The number of rotatable bonds is 8. The summed E-state index contributed by atoms with van der Waals surface area (Å²) in [7, 11) is 0. The molecule has 1 aliphatic heterocycles. The summed E-state index contributed by atoms with van der Waals surface area (Å²) >= 11 is 0. The molecule has 5 heteroatoms. The second-order valence-corrected chi connectivity index (χ2v) is 5.78. The molecular weight excluding hydrogens is 262 g/mol. The Bertz CT molecular complexity index is 376. The average Bonchev–Trinajstić information content (AvgIpc) is 2.54. The summed E-state index contributed by atoms with van der Waals surface area (Å²) in [4.78, 5) is 13.5. The van der Waals surface area contributed by atoms with Crippen molar-refractivity contribution < 1.29 is 0 Å². The van der Waals surface area contributed by atoms with E-state index in [1.165, 1.54) is 19.3 Å². The van der Waals surface area contributed by atoms with E-state index in [0.29, 0.717) is 6.04 Å². The summed E-state index contributed by atoms with van der Waals surface area (Å²) in [6.07, 6.45) is 7.36. The monoisotopic (exact) mass is 291 g/mol. The van der Waals surface area contributed by atoms with Crippen molar-refractivity contribution in [2.24, 2.45) is 0 Å². The smallest absolute Gasteiger partial charge is 0.225 e. The molecule has 1 atom stereocenters. The minimum absolute atomic E-state index is 0.634. The van der Waals surface area contributed by atoms with Crippen molar-refractivity contribution in [3.05, 3.63) is 18.5 Å². The molecule has 1 aromatic rings. The topological polar surface area (TPSA) is 44.3 Å². The molecule has 1 saturated heterocycles. The quantitative estimate of drug-likeness (QED) is 0.791. The molecule has 0 saturated carbocycles. The van der Waals surface area contributed by atoms with Crippen LogP contribution in [0.2, 0.25) is 0 Å². The van der Waals surface area contributed by atoms with E-state index in [9.17, 15) is 0 Å². The van der Waals surface area contributed by atoms with Crippen LogP contribution in [0, 0.1) is 0 Å². The fourth-order valence-electron chi connectivity index (χ4n) is 2.85.